The lowest BCUT2D eigenvalue weighted by Gasteiger charge is -2.32. The van der Waals surface area contributed by atoms with E-state index in [1.807, 2.05) is 17.0 Å². The van der Waals surface area contributed by atoms with E-state index in [2.05, 4.69) is 45.9 Å². The van der Waals surface area contributed by atoms with Gasteiger partial charge in [-0.25, -0.2) is 19.9 Å². The van der Waals surface area contributed by atoms with Crippen molar-refractivity contribution < 1.29 is 9.53 Å². The molecule has 39 heavy (non-hydrogen) atoms. The van der Waals surface area contributed by atoms with Crippen molar-refractivity contribution in [2.45, 2.75) is 13.3 Å². The molecule has 3 aromatic heterocycles. The number of likely N-dealkylation sites (N-methyl/N-ethyl adjacent to an activating group) is 1. The number of nitrogens with zero attached hydrogens (tertiary/aromatic N) is 7. The van der Waals surface area contributed by atoms with Crippen LogP contribution in [0.1, 0.15) is 11.1 Å². The zero-order valence-electron chi connectivity index (χ0n) is 22.3. The number of piperazine rings is 1. The summed E-state index contributed by atoms with van der Waals surface area (Å²) in [5.74, 6) is 1.87. The van der Waals surface area contributed by atoms with E-state index in [1.165, 1.54) is 0 Å². The second kappa shape index (κ2) is 10.8. The van der Waals surface area contributed by atoms with Crippen LogP contribution in [0.4, 0.5) is 11.8 Å². The van der Waals surface area contributed by atoms with Crippen molar-refractivity contribution in [3.63, 3.8) is 0 Å². The van der Waals surface area contributed by atoms with Crippen LogP contribution < -0.4 is 10.6 Å². The van der Waals surface area contributed by atoms with Gasteiger partial charge in [0.25, 0.3) is 0 Å². The minimum atomic E-state index is 0.184. The number of aromatic nitrogens is 4. The third-order valence-corrected chi connectivity index (χ3v) is 8.71. The van der Waals surface area contributed by atoms with Gasteiger partial charge >= 0.3 is 0 Å². The molecule has 2 N–H and O–H groups in total. The standard InChI is InChI=1S/C28H32N8O2S/c1-18-23-25(27(36-10-12-38-13-11-36)33-26(32-23)21-16-30-28(29)31-17-21)39-24(18)20-5-3-4-19(14-20)15-22(37)35-8-6-34(2)7-9-35/h3-5,14,16-17H,6-13,15H2,1-2H3,(H2,29,30,31). The summed E-state index contributed by atoms with van der Waals surface area (Å²) < 4.78 is 6.65. The van der Waals surface area contributed by atoms with Gasteiger partial charge in [-0.05, 0) is 36.7 Å². The number of fused-ring (bicyclic) bond motifs is 1. The Morgan fingerprint density at radius 1 is 1.03 bits per heavy atom. The number of aryl methyl sites for hydroxylation is 1. The van der Waals surface area contributed by atoms with Crippen LogP contribution in [0.2, 0.25) is 0 Å². The molecule has 1 aromatic carbocycles. The van der Waals surface area contributed by atoms with Gasteiger partial charge in [0, 0.05) is 56.5 Å². The largest absolute Gasteiger partial charge is 0.378 e. The Morgan fingerprint density at radius 2 is 1.77 bits per heavy atom. The summed E-state index contributed by atoms with van der Waals surface area (Å²) in [5.41, 5.74) is 10.5. The average molecular weight is 545 g/mol. The van der Waals surface area contributed by atoms with E-state index in [9.17, 15) is 4.79 Å². The van der Waals surface area contributed by atoms with Crippen LogP contribution in [0, 0.1) is 6.92 Å². The monoisotopic (exact) mass is 544 g/mol. The number of nitrogen functional groups attached to an aromatic ring is 1. The van der Waals surface area contributed by atoms with Crippen molar-refractivity contribution in [3.8, 4) is 21.8 Å². The SMILES string of the molecule is Cc1c(-c2cccc(CC(=O)N3CCN(C)CC3)c2)sc2c(N3CCOCC3)nc(-c3cnc(N)nc3)nc12. The molecule has 202 valence electrons. The average Bonchev–Trinajstić information content (AvgIpc) is 3.30. The van der Waals surface area contributed by atoms with E-state index >= 15 is 0 Å². The highest BCUT2D eigenvalue weighted by Gasteiger charge is 2.24. The van der Waals surface area contributed by atoms with Crippen LogP contribution in [0.15, 0.2) is 36.7 Å². The fourth-order valence-corrected chi connectivity index (χ4v) is 6.35. The lowest BCUT2D eigenvalue weighted by atomic mass is 10.0. The summed E-state index contributed by atoms with van der Waals surface area (Å²) in [6.07, 6.45) is 3.73. The summed E-state index contributed by atoms with van der Waals surface area (Å²) in [5, 5.41) is 0. The molecule has 2 aliphatic heterocycles. The van der Waals surface area contributed by atoms with Crippen LogP contribution in [-0.4, -0.2) is 95.2 Å². The molecule has 0 spiro atoms. The molecule has 2 saturated heterocycles. The molecule has 0 unspecified atom stereocenters. The second-order valence-electron chi connectivity index (χ2n) is 10.1. The van der Waals surface area contributed by atoms with Crippen LogP contribution in [0.5, 0.6) is 0 Å². The summed E-state index contributed by atoms with van der Waals surface area (Å²) in [7, 11) is 2.10. The van der Waals surface area contributed by atoms with Gasteiger partial charge in [0.15, 0.2) is 11.6 Å². The first kappa shape index (κ1) is 25.6. The lowest BCUT2D eigenvalue weighted by molar-refractivity contribution is -0.132. The molecule has 0 bridgehead atoms. The molecule has 0 radical (unpaired) electrons. The van der Waals surface area contributed by atoms with Crippen molar-refractivity contribution in [2.75, 3.05) is 70.2 Å². The quantitative estimate of drug-likeness (QED) is 0.405. The summed E-state index contributed by atoms with van der Waals surface area (Å²) >= 11 is 1.70. The molecule has 2 fully saturated rings. The van der Waals surface area contributed by atoms with Gasteiger partial charge < -0.3 is 25.2 Å². The molecule has 0 atom stereocenters. The number of benzene rings is 1. The first-order chi connectivity index (χ1) is 19.0. The van der Waals surface area contributed by atoms with Crippen molar-refractivity contribution in [1.82, 2.24) is 29.7 Å². The zero-order valence-corrected chi connectivity index (χ0v) is 23.1. The molecule has 11 heteroatoms. The lowest BCUT2D eigenvalue weighted by Crippen LogP contribution is -2.47. The maximum atomic E-state index is 13.0. The number of hydrogen-bond acceptors (Lipinski definition) is 10. The van der Waals surface area contributed by atoms with Gasteiger partial charge in [-0.2, -0.15) is 0 Å². The van der Waals surface area contributed by atoms with E-state index in [-0.39, 0.29) is 11.9 Å². The van der Waals surface area contributed by atoms with Gasteiger partial charge in [-0.3, -0.25) is 4.79 Å². The van der Waals surface area contributed by atoms with Gasteiger partial charge in [0.1, 0.15) is 0 Å². The minimum Gasteiger partial charge on any atom is -0.378 e. The molecule has 0 saturated carbocycles. The molecule has 4 aromatic rings. The van der Waals surface area contributed by atoms with Crippen LogP contribution >= 0.6 is 11.3 Å². The molecule has 6 rings (SSSR count). The predicted octanol–water partition coefficient (Wildman–Crippen LogP) is 2.86. The number of rotatable bonds is 5. The maximum absolute atomic E-state index is 13.0. The van der Waals surface area contributed by atoms with Gasteiger partial charge in [-0.15, -0.1) is 11.3 Å². The first-order valence-corrected chi connectivity index (χ1v) is 14.1. The highest BCUT2D eigenvalue weighted by molar-refractivity contribution is 7.23. The number of nitrogens with two attached hydrogens (primary N) is 1. The van der Waals surface area contributed by atoms with Crippen molar-refractivity contribution in [3.05, 3.63) is 47.8 Å². The number of amides is 1. The molecular weight excluding hydrogens is 512 g/mol. The Hall–Kier alpha value is -3.67. The van der Waals surface area contributed by atoms with Crippen molar-refractivity contribution >= 4 is 39.2 Å². The molecular formula is C28H32N8O2S. The Bertz CT molecular complexity index is 1490. The van der Waals surface area contributed by atoms with Crippen molar-refractivity contribution in [2.24, 2.45) is 0 Å². The first-order valence-electron chi connectivity index (χ1n) is 13.2. The Balaban J connectivity index is 1.37. The number of thiophene rings is 1. The van der Waals surface area contributed by atoms with Crippen LogP contribution in [0.3, 0.4) is 0 Å². The number of anilines is 2. The summed E-state index contributed by atoms with van der Waals surface area (Å²) in [6, 6.07) is 8.33. The summed E-state index contributed by atoms with van der Waals surface area (Å²) in [4.78, 5) is 38.9. The van der Waals surface area contributed by atoms with Gasteiger partial charge in [0.05, 0.1) is 35.4 Å². The van der Waals surface area contributed by atoms with E-state index in [0.29, 0.717) is 25.5 Å². The highest BCUT2D eigenvalue weighted by atomic mass is 32.1. The fraction of sp³-hybridized carbons (Fsp3) is 0.393. The molecule has 10 nitrogen and oxygen atoms in total. The smallest absolute Gasteiger partial charge is 0.227 e. The third kappa shape index (κ3) is 5.29. The summed E-state index contributed by atoms with van der Waals surface area (Å²) in [6.45, 7) is 8.37. The number of hydrogen-bond donors (Lipinski definition) is 1. The van der Waals surface area contributed by atoms with Crippen molar-refractivity contribution in [1.29, 1.82) is 0 Å². The number of carbonyl (C=O) groups is 1. The predicted molar refractivity (Wildman–Crippen MR) is 154 cm³/mol. The van der Waals surface area contributed by atoms with E-state index in [1.54, 1.807) is 23.7 Å². The second-order valence-corrected chi connectivity index (χ2v) is 11.1. The molecule has 0 aliphatic carbocycles. The topological polar surface area (TPSA) is 114 Å². The van der Waals surface area contributed by atoms with E-state index in [0.717, 1.165) is 82.4 Å². The number of ether oxygens (including phenoxy) is 1. The number of carbonyl (C=O) groups excluding carboxylic acids is 1. The highest BCUT2D eigenvalue weighted by Crippen LogP contribution is 2.42. The maximum Gasteiger partial charge on any atom is 0.227 e. The Kier molecular flexibility index (Phi) is 7.11. The Morgan fingerprint density at radius 3 is 2.51 bits per heavy atom. The fourth-order valence-electron chi connectivity index (χ4n) is 5.09. The molecule has 5 heterocycles. The van der Waals surface area contributed by atoms with Crippen LogP contribution in [0.25, 0.3) is 32.0 Å². The Labute approximate surface area is 231 Å². The third-order valence-electron chi connectivity index (χ3n) is 7.39. The van der Waals surface area contributed by atoms with E-state index < -0.39 is 0 Å². The normalized spacial score (nSPS) is 16.7. The minimum absolute atomic E-state index is 0.184. The van der Waals surface area contributed by atoms with Crippen LogP contribution in [-0.2, 0) is 16.0 Å². The molecule has 1 amide bonds. The number of morpholine rings is 1. The molecule has 2 aliphatic rings. The van der Waals surface area contributed by atoms with E-state index in [4.69, 9.17) is 20.4 Å². The van der Waals surface area contributed by atoms with Gasteiger partial charge in [-0.1, -0.05) is 18.2 Å². The van der Waals surface area contributed by atoms with Gasteiger partial charge in [0.2, 0.25) is 11.9 Å². The zero-order chi connectivity index (χ0) is 26.9.